The zero-order valence-corrected chi connectivity index (χ0v) is 7.27. The van der Waals surface area contributed by atoms with E-state index in [9.17, 15) is 9.18 Å². The van der Waals surface area contributed by atoms with Crippen LogP contribution in [0.3, 0.4) is 0 Å². The van der Waals surface area contributed by atoms with E-state index in [4.69, 9.17) is 15.9 Å². The van der Waals surface area contributed by atoms with Gasteiger partial charge in [0.2, 0.25) is 0 Å². The third-order valence-electron chi connectivity index (χ3n) is 1.78. The normalized spacial score (nSPS) is 12.4. The minimum Gasteiger partial charge on any atom is -0.505 e. The lowest BCUT2D eigenvalue weighted by Crippen LogP contribution is -2.32. The van der Waals surface area contributed by atoms with Gasteiger partial charge in [-0.25, -0.2) is 4.39 Å². The number of aliphatic carboxylic acids is 1. The maximum Gasteiger partial charge on any atom is 0.320 e. The molecule has 0 bridgehead atoms. The number of rotatable bonds is 3. The van der Waals surface area contributed by atoms with Crippen LogP contribution in [-0.2, 0) is 11.2 Å². The van der Waals surface area contributed by atoms with Crippen LogP contribution in [-0.4, -0.2) is 22.2 Å². The van der Waals surface area contributed by atoms with Gasteiger partial charge in [0.05, 0.1) is 0 Å². The molecule has 0 aliphatic rings. The zero-order chi connectivity index (χ0) is 10.7. The topological polar surface area (TPSA) is 83.5 Å². The van der Waals surface area contributed by atoms with Gasteiger partial charge >= 0.3 is 5.97 Å². The predicted molar refractivity (Wildman–Crippen MR) is 47.4 cm³/mol. The summed E-state index contributed by atoms with van der Waals surface area (Å²) in [5.41, 5.74) is 5.69. The summed E-state index contributed by atoms with van der Waals surface area (Å²) in [5, 5.41) is 17.4. The molecule has 0 radical (unpaired) electrons. The molecule has 0 amide bonds. The maximum absolute atomic E-state index is 12.8. The number of carboxylic acid groups (broad SMARTS) is 1. The van der Waals surface area contributed by atoms with Crippen molar-refractivity contribution in [1.29, 1.82) is 0 Å². The van der Waals surface area contributed by atoms with Gasteiger partial charge in [-0.05, 0) is 24.1 Å². The van der Waals surface area contributed by atoms with E-state index < -0.39 is 23.6 Å². The van der Waals surface area contributed by atoms with Crippen molar-refractivity contribution >= 4 is 5.97 Å². The summed E-state index contributed by atoms with van der Waals surface area (Å²) in [6, 6.07) is 2.61. The van der Waals surface area contributed by atoms with Crippen molar-refractivity contribution in [1.82, 2.24) is 0 Å². The number of carboxylic acids is 1. The van der Waals surface area contributed by atoms with E-state index in [0.29, 0.717) is 5.56 Å². The number of phenolic OH excluding ortho intramolecular Hbond substituents is 1. The molecule has 1 rings (SSSR count). The van der Waals surface area contributed by atoms with Crippen LogP contribution in [0, 0.1) is 5.82 Å². The molecule has 4 nitrogen and oxygen atoms in total. The second-order valence-electron chi connectivity index (χ2n) is 2.93. The van der Waals surface area contributed by atoms with Crippen LogP contribution in [0.5, 0.6) is 5.75 Å². The van der Waals surface area contributed by atoms with E-state index >= 15 is 0 Å². The minimum atomic E-state index is -1.14. The summed E-state index contributed by atoms with van der Waals surface area (Å²) in [6.45, 7) is 0. The molecule has 0 unspecified atom stereocenters. The van der Waals surface area contributed by atoms with Gasteiger partial charge in [-0.3, -0.25) is 4.79 Å². The number of carbonyl (C=O) groups is 1. The summed E-state index contributed by atoms with van der Waals surface area (Å²) >= 11 is 0. The molecule has 14 heavy (non-hydrogen) atoms. The highest BCUT2D eigenvalue weighted by atomic mass is 19.1. The number of hydrogen-bond donors (Lipinski definition) is 3. The highest BCUT2D eigenvalue weighted by molar-refractivity contribution is 5.73. The van der Waals surface area contributed by atoms with Crippen LogP contribution < -0.4 is 5.73 Å². The quantitative estimate of drug-likeness (QED) is 0.661. The average molecular weight is 199 g/mol. The maximum atomic E-state index is 12.8. The largest absolute Gasteiger partial charge is 0.505 e. The van der Waals surface area contributed by atoms with Crippen molar-refractivity contribution in [3.63, 3.8) is 0 Å². The van der Waals surface area contributed by atoms with Gasteiger partial charge in [0, 0.05) is 0 Å². The molecule has 0 saturated carbocycles. The second kappa shape index (κ2) is 4.06. The van der Waals surface area contributed by atoms with Crippen molar-refractivity contribution < 1.29 is 19.4 Å². The number of hydrogen-bond acceptors (Lipinski definition) is 3. The molecule has 1 aromatic carbocycles. The van der Waals surface area contributed by atoms with Crippen LogP contribution >= 0.6 is 0 Å². The van der Waals surface area contributed by atoms with E-state index in [1.807, 2.05) is 0 Å². The number of benzene rings is 1. The molecular weight excluding hydrogens is 189 g/mol. The highest BCUT2D eigenvalue weighted by Gasteiger charge is 2.12. The molecule has 1 atom stereocenters. The Morgan fingerprint density at radius 2 is 2.21 bits per heavy atom. The summed E-state index contributed by atoms with van der Waals surface area (Å²) in [7, 11) is 0. The molecule has 0 heterocycles. The first-order chi connectivity index (χ1) is 6.50. The monoisotopic (exact) mass is 199 g/mol. The van der Waals surface area contributed by atoms with Gasteiger partial charge < -0.3 is 15.9 Å². The summed E-state index contributed by atoms with van der Waals surface area (Å²) in [6.07, 6.45) is 0.0343. The van der Waals surface area contributed by atoms with Crippen molar-refractivity contribution in [2.24, 2.45) is 5.73 Å². The van der Waals surface area contributed by atoms with Crippen molar-refractivity contribution in [3.05, 3.63) is 29.6 Å². The molecule has 0 saturated heterocycles. The number of phenols is 1. The lowest BCUT2D eigenvalue weighted by atomic mass is 10.1. The van der Waals surface area contributed by atoms with Crippen LogP contribution in [0.1, 0.15) is 5.56 Å². The Balaban J connectivity index is 2.78. The molecule has 76 valence electrons. The second-order valence-corrected chi connectivity index (χ2v) is 2.93. The Kier molecular flexibility index (Phi) is 3.03. The Morgan fingerprint density at radius 3 is 2.71 bits per heavy atom. The summed E-state index contributed by atoms with van der Waals surface area (Å²) in [5.74, 6) is -2.38. The van der Waals surface area contributed by atoms with Gasteiger partial charge in [-0.2, -0.15) is 0 Å². The van der Waals surface area contributed by atoms with Crippen LogP contribution in [0.2, 0.25) is 0 Å². The van der Waals surface area contributed by atoms with E-state index in [-0.39, 0.29) is 6.42 Å². The molecule has 0 aliphatic carbocycles. The Labute approximate surface area is 79.8 Å². The van der Waals surface area contributed by atoms with E-state index in [0.717, 1.165) is 6.07 Å². The van der Waals surface area contributed by atoms with Gasteiger partial charge in [0.25, 0.3) is 0 Å². The third kappa shape index (κ3) is 2.43. The smallest absolute Gasteiger partial charge is 0.320 e. The lowest BCUT2D eigenvalue weighted by Gasteiger charge is -2.06. The first-order valence-electron chi connectivity index (χ1n) is 3.96. The Hall–Kier alpha value is -1.62. The molecule has 0 aromatic heterocycles. The number of aromatic hydroxyl groups is 1. The van der Waals surface area contributed by atoms with Gasteiger partial charge in [0.1, 0.15) is 6.04 Å². The van der Waals surface area contributed by atoms with E-state index in [1.54, 1.807) is 0 Å². The highest BCUT2D eigenvalue weighted by Crippen LogP contribution is 2.16. The number of halogens is 1. The van der Waals surface area contributed by atoms with Gasteiger partial charge in [0.15, 0.2) is 11.6 Å². The third-order valence-corrected chi connectivity index (χ3v) is 1.78. The van der Waals surface area contributed by atoms with E-state index in [2.05, 4.69) is 0 Å². The number of nitrogens with two attached hydrogens (primary N) is 1. The first-order valence-corrected chi connectivity index (χ1v) is 3.96. The average Bonchev–Trinajstić information content (AvgIpc) is 2.11. The molecule has 1 aromatic rings. The molecule has 5 heteroatoms. The van der Waals surface area contributed by atoms with Gasteiger partial charge in [-0.15, -0.1) is 0 Å². The summed E-state index contributed by atoms with van der Waals surface area (Å²) < 4.78 is 12.8. The SMILES string of the molecule is N[C@@H](Cc1ccc(O)c(F)c1)C(=O)O. The standard InChI is InChI=1S/C9H10FNO3/c10-6-3-5(1-2-8(6)12)4-7(11)9(13)14/h1-3,7,12H,4,11H2,(H,13,14)/t7-/m0/s1. The molecular formula is C9H10FNO3. The lowest BCUT2D eigenvalue weighted by molar-refractivity contribution is -0.138. The van der Waals surface area contributed by atoms with Gasteiger partial charge in [-0.1, -0.05) is 6.07 Å². The van der Waals surface area contributed by atoms with Crippen LogP contribution in [0.25, 0.3) is 0 Å². The fraction of sp³-hybridized carbons (Fsp3) is 0.222. The van der Waals surface area contributed by atoms with E-state index in [1.165, 1.54) is 12.1 Å². The van der Waals surface area contributed by atoms with Crippen molar-refractivity contribution in [3.8, 4) is 5.75 Å². The van der Waals surface area contributed by atoms with Crippen molar-refractivity contribution in [2.75, 3.05) is 0 Å². The first kappa shape index (κ1) is 10.5. The Bertz CT molecular complexity index is 354. The predicted octanol–water partition coefficient (Wildman–Crippen LogP) is 0.486. The van der Waals surface area contributed by atoms with Crippen LogP contribution in [0.15, 0.2) is 18.2 Å². The molecule has 0 aliphatic heterocycles. The molecule has 0 spiro atoms. The molecule has 0 fully saturated rings. The molecule has 4 N–H and O–H groups in total. The van der Waals surface area contributed by atoms with Crippen molar-refractivity contribution in [2.45, 2.75) is 12.5 Å². The fourth-order valence-corrected chi connectivity index (χ4v) is 1.02. The zero-order valence-electron chi connectivity index (χ0n) is 7.27. The van der Waals surface area contributed by atoms with Crippen LogP contribution in [0.4, 0.5) is 4.39 Å². The fourth-order valence-electron chi connectivity index (χ4n) is 1.02. The summed E-state index contributed by atoms with van der Waals surface area (Å²) in [4.78, 5) is 10.4. The Morgan fingerprint density at radius 1 is 1.57 bits per heavy atom. The minimum absolute atomic E-state index is 0.0343.